The van der Waals surface area contributed by atoms with Gasteiger partial charge in [0.2, 0.25) is 0 Å². The topological polar surface area (TPSA) is 30.0 Å². The summed E-state index contributed by atoms with van der Waals surface area (Å²) in [4.78, 5) is 14.6. The van der Waals surface area contributed by atoms with Gasteiger partial charge in [0, 0.05) is 11.6 Å². The Hall–Kier alpha value is -1.22. The molecule has 0 radical (unpaired) electrons. The van der Waals surface area contributed by atoms with Gasteiger partial charge in [0.1, 0.15) is 6.29 Å². The molecule has 1 aromatic carbocycles. The molecule has 3 heteroatoms. The van der Waals surface area contributed by atoms with E-state index in [0.717, 1.165) is 22.8 Å². The fourth-order valence-electron chi connectivity index (χ4n) is 1.34. The van der Waals surface area contributed by atoms with Gasteiger partial charge >= 0.3 is 0 Å². The van der Waals surface area contributed by atoms with Crippen LogP contribution in [0.2, 0.25) is 0 Å². The second-order valence-electron chi connectivity index (χ2n) is 2.99. The Morgan fingerprint density at radius 1 is 1.36 bits per heavy atom. The third kappa shape index (κ3) is 1.68. The van der Waals surface area contributed by atoms with Gasteiger partial charge in [0.05, 0.1) is 10.3 Å². The van der Waals surface area contributed by atoms with E-state index in [1.54, 1.807) is 6.20 Å². The van der Waals surface area contributed by atoms with Crippen LogP contribution in [0.15, 0.2) is 36.5 Å². The molecule has 2 aromatic rings. The maximum absolute atomic E-state index is 10.6. The fourth-order valence-corrected chi connectivity index (χ4v) is 1.63. The lowest BCUT2D eigenvalue weighted by molar-refractivity contribution is -0.107. The Kier molecular flexibility index (Phi) is 2.59. The SMILES string of the molecule is O=CC(Br)c1ccc2ncccc2c1. The minimum Gasteiger partial charge on any atom is -0.302 e. The summed E-state index contributed by atoms with van der Waals surface area (Å²) in [7, 11) is 0. The maximum Gasteiger partial charge on any atom is 0.138 e. The van der Waals surface area contributed by atoms with Gasteiger partial charge in [-0.15, -0.1) is 0 Å². The number of pyridine rings is 1. The van der Waals surface area contributed by atoms with Crippen LogP contribution >= 0.6 is 15.9 Å². The molecule has 1 atom stereocenters. The molecule has 0 aliphatic rings. The molecule has 2 nitrogen and oxygen atoms in total. The van der Waals surface area contributed by atoms with Crippen molar-refractivity contribution in [1.82, 2.24) is 4.98 Å². The van der Waals surface area contributed by atoms with E-state index in [1.165, 1.54) is 0 Å². The molecule has 70 valence electrons. The Morgan fingerprint density at radius 2 is 2.21 bits per heavy atom. The van der Waals surface area contributed by atoms with E-state index >= 15 is 0 Å². The number of hydrogen-bond donors (Lipinski definition) is 0. The molecular weight excluding hydrogens is 242 g/mol. The number of benzene rings is 1. The van der Waals surface area contributed by atoms with E-state index in [1.807, 2.05) is 30.3 Å². The Bertz CT molecular complexity index is 470. The molecular formula is C11H8BrNO. The van der Waals surface area contributed by atoms with Crippen molar-refractivity contribution < 1.29 is 4.79 Å². The summed E-state index contributed by atoms with van der Waals surface area (Å²) in [5.41, 5.74) is 1.90. The highest BCUT2D eigenvalue weighted by molar-refractivity contribution is 9.09. The number of alkyl halides is 1. The number of carbonyl (C=O) groups is 1. The number of nitrogens with zero attached hydrogens (tertiary/aromatic N) is 1. The van der Waals surface area contributed by atoms with Gasteiger partial charge in [0.25, 0.3) is 0 Å². The number of fused-ring (bicyclic) bond motifs is 1. The summed E-state index contributed by atoms with van der Waals surface area (Å²) < 4.78 is 0. The number of rotatable bonds is 2. The first kappa shape index (κ1) is 9.34. The van der Waals surface area contributed by atoms with Crippen LogP contribution in [-0.4, -0.2) is 11.3 Å². The van der Waals surface area contributed by atoms with Crippen molar-refractivity contribution in [2.45, 2.75) is 4.83 Å². The predicted molar refractivity (Wildman–Crippen MR) is 59.5 cm³/mol. The van der Waals surface area contributed by atoms with Crippen LogP contribution in [0.5, 0.6) is 0 Å². The third-order valence-electron chi connectivity index (χ3n) is 2.06. The Morgan fingerprint density at radius 3 is 3.00 bits per heavy atom. The fraction of sp³-hybridized carbons (Fsp3) is 0.0909. The quantitative estimate of drug-likeness (QED) is 0.606. The zero-order valence-corrected chi connectivity index (χ0v) is 8.94. The van der Waals surface area contributed by atoms with Gasteiger partial charge in [-0.1, -0.05) is 28.1 Å². The Labute approximate surface area is 90.1 Å². The Balaban J connectivity index is 2.56. The number of carbonyl (C=O) groups excluding carboxylic acids is 1. The molecule has 0 amide bonds. The molecule has 0 fully saturated rings. The number of hydrogen-bond acceptors (Lipinski definition) is 2. The molecule has 2 rings (SSSR count). The largest absolute Gasteiger partial charge is 0.302 e. The lowest BCUT2D eigenvalue weighted by Gasteiger charge is -2.03. The summed E-state index contributed by atoms with van der Waals surface area (Å²) in [5, 5.41) is 1.05. The van der Waals surface area contributed by atoms with Crippen LogP contribution in [0.1, 0.15) is 10.4 Å². The first-order valence-corrected chi connectivity index (χ1v) is 5.17. The van der Waals surface area contributed by atoms with Crippen molar-refractivity contribution >= 4 is 33.1 Å². The third-order valence-corrected chi connectivity index (χ3v) is 2.81. The molecule has 0 spiro atoms. The van der Waals surface area contributed by atoms with Crippen molar-refractivity contribution in [3.05, 3.63) is 42.1 Å². The van der Waals surface area contributed by atoms with E-state index in [0.29, 0.717) is 0 Å². The van der Waals surface area contributed by atoms with Crippen LogP contribution in [-0.2, 0) is 4.79 Å². The smallest absolute Gasteiger partial charge is 0.138 e. The molecule has 1 aromatic heterocycles. The normalized spacial score (nSPS) is 12.6. The minimum atomic E-state index is -0.230. The van der Waals surface area contributed by atoms with Crippen LogP contribution in [0.25, 0.3) is 10.9 Å². The molecule has 0 saturated carbocycles. The van der Waals surface area contributed by atoms with Crippen molar-refractivity contribution in [3.8, 4) is 0 Å². The zero-order valence-electron chi connectivity index (χ0n) is 7.35. The lowest BCUT2D eigenvalue weighted by atomic mass is 10.1. The van der Waals surface area contributed by atoms with Crippen LogP contribution < -0.4 is 0 Å². The first-order valence-electron chi connectivity index (χ1n) is 4.25. The van der Waals surface area contributed by atoms with Crippen LogP contribution in [0.4, 0.5) is 0 Å². The van der Waals surface area contributed by atoms with Crippen molar-refractivity contribution in [3.63, 3.8) is 0 Å². The zero-order chi connectivity index (χ0) is 9.97. The highest BCUT2D eigenvalue weighted by Crippen LogP contribution is 2.23. The van der Waals surface area contributed by atoms with E-state index in [-0.39, 0.29) is 4.83 Å². The molecule has 1 unspecified atom stereocenters. The van der Waals surface area contributed by atoms with E-state index < -0.39 is 0 Å². The molecule has 0 aliphatic carbocycles. The number of halogens is 1. The molecule has 0 N–H and O–H groups in total. The van der Waals surface area contributed by atoms with Gasteiger partial charge in [-0.25, -0.2) is 0 Å². The van der Waals surface area contributed by atoms with Gasteiger partial charge in [-0.2, -0.15) is 0 Å². The van der Waals surface area contributed by atoms with E-state index in [2.05, 4.69) is 20.9 Å². The van der Waals surface area contributed by atoms with Gasteiger partial charge in [0.15, 0.2) is 0 Å². The minimum absolute atomic E-state index is 0.230. The van der Waals surface area contributed by atoms with Gasteiger partial charge < -0.3 is 4.79 Å². The van der Waals surface area contributed by atoms with E-state index in [9.17, 15) is 4.79 Å². The second kappa shape index (κ2) is 3.88. The van der Waals surface area contributed by atoms with Crippen molar-refractivity contribution in [1.29, 1.82) is 0 Å². The van der Waals surface area contributed by atoms with Crippen LogP contribution in [0.3, 0.4) is 0 Å². The molecule has 0 saturated heterocycles. The van der Waals surface area contributed by atoms with Crippen LogP contribution in [0, 0.1) is 0 Å². The maximum atomic E-state index is 10.6. The monoisotopic (exact) mass is 249 g/mol. The summed E-state index contributed by atoms with van der Waals surface area (Å²) in [6, 6.07) is 9.66. The highest BCUT2D eigenvalue weighted by Gasteiger charge is 2.05. The van der Waals surface area contributed by atoms with E-state index in [4.69, 9.17) is 0 Å². The van der Waals surface area contributed by atoms with Crippen molar-refractivity contribution in [2.24, 2.45) is 0 Å². The summed E-state index contributed by atoms with van der Waals surface area (Å²) in [5.74, 6) is 0. The molecule has 1 heterocycles. The van der Waals surface area contributed by atoms with Crippen molar-refractivity contribution in [2.75, 3.05) is 0 Å². The summed E-state index contributed by atoms with van der Waals surface area (Å²) in [6.07, 6.45) is 2.63. The average molecular weight is 250 g/mol. The molecule has 0 bridgehead atoms. The standard InChI is InChI=1S/C11H8BrNO/c12-10(7-14)8-3-4-11-9(6-8)2-1-5-13-11/h1-7,10H. The summed E-state index contributed by atoms with van der Waals surface area (Å²) >= 11 is 3.28. The first-order chi connectivity index (χ1) is 6.81. The number of aromatic nitrogens is 1. The predicted octanol–water partition coefficient (Wildman–Crippen LogP) is 2.87. The second-order valence-corrected chi connectivity index (χ2v) is 3.98. The summed E-state index contributed by atoms with van der Waals surface area (Å²) in [6.45, 7) is 0. The molecule has 0 aliphatic heterocycles. The number of aldehydes is 1. The highest BCUT2D eigenvalue weighted by atomic mass is 79.9. The average Bonchev–Trinajstić information content (AvgIpc) is 2.27. The lowest BCUT2D eigenvalue weighted by Crippen LogP contribution is -1.90. The van der Waals surface area contributed by atoms with Gasteiger partial charge in [-0.05, 0) is 23.8 Å². The van der Waals surface area contributed by atoms with Gasteiger partial charge in [-0.3, -0.25) is 4.98 Å². The molecule has 14 heavy (non-hydrogen) atoms.